The molecule has 1 amide bonds. The van der Waals surface area contributed by atoms with Crippen LogP contribution in [0.1, 0.15) is 32.4 Å². The molecule has 0 spiro atoms. The molecule has 1 unspecified atom stereocenters. The monoisotopic (exact) mass is 265 g/mol. The van der Waals surface area contributed by atoms with E-state index in [9.17, 15) is 4.79 Å². The number of amides is 1. The Kier molecular flexibility index (Phi) is 6.36. The Balaban J connectivity index is 2.77. The zero-order chi connectivity index (χ0) is 14.3. The lowest BCUT2D eigenvalue weighted by molar-refractivity contribution is -0.133. The lowest BCUT2D eigenvalue weighted by Gasteiger charge is -2.18. The van der Waals surface area contributed by atoms with E-state index in [0.717, 1.165) is 11.3 Å². The first-order valence-electron chi connectivity index (χ1n) is 6.61. The standard InChI is InChI=1S/C15H23NO3/c1-5-19-14(15(17)16-10-11(2)3)12-6-8-13(18-4)9-7-12/h6-9,11,14H,5,10H2,1-4H3,(H,16,17). The summed E-state index contributed by atoms with van der Waals surface area (Å²) in [6, 6.07) is 7.37. The van der Waals surface area contributed by atoms with Crippen LogP contribution in [0.15, 0.2) is 24.3 Å². The molecule has 0 aliphatic rings. The second kappa shape index (κ2) is 7.79. The Morgan fingerprint density at radius 1 is 1.26 bits per heavy atom. The van der Waals surface area contributed by atoms with E-state index in [1.165, 1.54) is 0 Å². The van der Waals surface area contributed by atoms with Gasteiger partial charge >= 0.3 is 0 Å². The Bertz CT molecular complexity index is 387. The molecule has 106 valence electrons. The summed E-state index contributed by atoms with van der Waals surface area (Å²) in [4.78, 5) is 12.1. The van der Waals surface area contributed by atoms with Gasteiger partial charge in [-0.1, -0.05) is 26.0 Å². The van der Waals surface area contributed by atoms with Crippen molar-refractivity contribution in [2.45, 2.75) is 26.9 Å². The summed E-state index contributed by atoms with van der Waals surface area (Å²) in [5.74, 6) is 1.09. The molecular formula is C15H23NO3. The van der Waals surface area contributed by atoms with Crippen LogP contribution >= 0.6 is 0 Å². The Labute approximate surface area is 115 Å². The van der Waals surface area contributed by atoms with Gasteiger partial charge in [0.25, 0.3) is 5.91 Å². The average molecular weight is 265 g/mol. The molecule has 1 atom stereocenters. The maximum Gasteiger partial charge on any atom is 0.253 e. The third-order valence-corrected chi connectivity index (χ3v) is 2.67. The fourth-order valence-corrected chi connectivity index (χ4v) is 1.67. The van der Waals surface area contributed by atoms with Crippen molar-refractivity contribution < 1.29 is 14.3 Å². The minimum atomic E-state index is -0.561. The van der Waals surface area contributed by atoms with Gasteiger partial charge in [0.05, 0.1) is 7.11 Å². The van der Waals surface area contributed by atoms with Crippen LogP contribution in [0.2, 0.25) is 0 Å². The van der Waals surface area contributed by atoms with Gasteiger partial charge in [0.2, 0.25) is 0 Å². The summed E-state index contributed by atoms with van der Waals surface area (Å²) in [5, 5.41) is 2.90. The van der Waals surface area contributed by atoms with Crippen molar-refractivity contribution in [2.24, 2.45) is 5.92 Å². The molecule has 19 heavy (non-hydrogen) atoms. The van der Waals surface area contributed by atoms with Crippen LogP contribution in [0.25, 0.3) is 0 Å². The zero-order valence-corrected chi connectivity index (χ0v) is 12.1. The first-order valence-corrected chi connectivity index (χ1v) is 6.61. The van der Waals surface area contributed by atoms with Crippen molar-refractivity contribution in [3.05, 3.63) is 29.8 Å². The number of methoxy groups -OCH3 is 1. The molecule has 4 nitrogen and oxygen atoms in total. The molecule has 0 saturated carbocycles. The molecule has 1 aromatic carbocycles. The molecule has 0 bridgehead atoms. The van der Waals surface area contributed by atoms with Crippen LogP contribution in [-0.2, 0) is 9.53 Å². The van der Waals surface area contributed by atoms with E-state index in [-0.39, 0.29) is 5.91 Å². The largest absolute Gasteiger partial charge is 0.497 e. The number of carbonyl (C=O) groups excluding carboxylic acids is 1. The zero-order valence-electron chi connectivity index (χ0n) is 12.1. The SMILES string of the molecule is CCOC(C(=O)NCC(C)C)c1ccc(OC)cc1. The Morgan fingerprint density at radius 3 is 2.37 bits per heavy atom. The molecule has 0 fully saturated rings. The average Bonchev–Trinajstić information content (AvgIpc) is 2.42. The fourth-order valence-electron chi connectivity index (χ4n) is 1.67. The van der Waals surface area contributed by atoms with E-state index in [2.05, 4.69) is 19.2 Å². The summed E-state index contributed by atoms with van der Waals surface area (Å²) in [6.45, 7) is 7.14. The molecule has 1 rings (SSSR count). The number of hydrogen-bond acceptors (Lipinski definition) is 3. The van der Waals surface area contributed by atoms with E-state index in [4.69, 9.17) is 9.47 Å². The number of hydrogen-bond donors (Lipinski definition) is 1. The van der Waals surface area contributed by atoms with E-state index in [1.807, 2.05) is 31.2 Å². The summed E-state index contributed by atoms with van der Waals surface area (Å²) >= 11 is 0. The van der Waals surface area contributed by atoms with Gasteiger partial charge in [-0.25, -0.2) is 0 Å². The molecule has 0 saturated heterocycles. The smallest absolute Gasteiger partial charge is 0.253 e. The molecule has 1 aromatic rings. The molecule has 0 aromatic heterocycles. The maximum absolute atomic E-state index is 12.1. The van der Waals surface area contributed by atoms with E-state index < -0.39 is 6.10 Å². The summed E-state index contributed by atoms with van der Waals surface area (Å²) < 4.78 is 10.6. The highest BCUT2D eigenvalue weighted by Gasteiger charge is 2.20. The summed E-state index contributed by atoms with van der Waals surface area (Å²) in [7, 11) is 1.62. The summed E-state index contributed by atoms with van der Waals surface area (Å²) in [5.41, 5.74) is 0.837. The van der Waals surface area contributed by atoms with Gasteiger partial charge in [0.15, 0.2) is 6.10 Å². The normalized spacial score (nSPS) is 12.3. The highest BCUT2D eigenvalue weighted by Crippen LogP contribution is 2.21. The third kappa shape index (κ3) is 4.91. The van der Waals surface area contributed by atoms with Crippen molar-refractivity contribution in [1.29, 1.82) is 0 Å². The second-order valence-corrected chi connectivity index (χ2v) is 4.75. The lowest BCUT2D eigenvalue weighted by Crippen LogP contribution is -2.33. The first-order chi connectivity index (χ1) is 9.08. The lowest BCUT2D eigenvalue weighted by atomic mass is 10.1. The molecule has 0 heterocycles. The highest BCUT2D eigenvalue weighted by molar-refractivity contribution is 5.82. The van der Waals surface area contributed by atoms with Crippen molar-refractivity contribution in [2.75, 3.05) is 20.3 Å². The number of benzene rings is 1. The van der Waals surface area contributed by atoms with Gasteiger partial charge in [-0.05, 0) is 30.5 Å². The van der Waals surface area contributed by atoms with Gasteiger partial charge in [-0.3, -0.25) is 4.79 Å². The highest BCUT2D eigenvalue weighted by atomic mass is 16.5. The van der Waals surface area contributed by atoms with Gasteiger partial charge in [0.1, 0.15) is 5.75 Å². The van der Waals surface area contributed by atoms with E-state index in [0.29, 0.717) is 19.1 Å². The molecule has 0 radical (unpaired) electrons. The molecule has 0 aliphatic heterocycles. The van der Waals surface area contributed by atoms with Crippen LogP contribution in [0, 0.1) is 5.92 Å². The topological polar surface area (TPSA) is 47.6 Å². The van der Waals surface area contributed by atoms with Crippen LogP contribution in [0.5, 0.6) is 5.75 Å². The number of rotatable bonds is 7. The number of carbonyl (C=O) groups is 1. The number of ether oxygens (including phenoxy) is 2. The maximum atomic E-state index is 12.1. The van der Waals surface area contributed by atoms with Crippen LogP contribution in [0.4, 0.5) is 0 Å². The minimum absolute atomic E-state index is 0.0966. The molecule has 1 N–H and O–H groups in total. The van der Waals surface area contributed by atoms with Crippen LogP contribution < -0.4 is 10.1 Å². The van der Waals surface area contributed by atoms with Crippen LogP contribution in [0.3, 0.4) is 0 Å². The fraction of sp³-hybridized carbons (Fsp3) is 0.533. The van der Waals surface area contributed by atoms with Crippen molar-refractivity contribution in [3.63, 3.8) is 0 Å². The second-order valence-electron chi connectivity index (χ2n) is 4.75. The Hall–Kier alpha value is -1.55. The van der Waals surface area contributed by atoms with Gasteiger partial charge in [0, 0.05) is 13.2 Å². The third-order valence-electron chi connectivity index (χ3n) is 2.67. The van der Waals surface area contributed by atoms with Gasteiger partial charge in [-0.15, -0.1) is 0 Å². The predicted molar refractivity (Wildman–Crippen MR) is 75.2 cm³/mol. The number of nitrogens with one attached hydrogen (secondary N) is 1. The molecule has 4 heteroatoms. The predicted octanol–water partition coefficient (Wildman–Crippen LogP) is 2.55. The van der Waals surface area contributed by atoms with E-state index >= 15 is 0 Å². The first kappa shape index (κ1) is 15.5. The van der Waals surface area contributed by atoms with Crippen molar-refractivity contribution in [3.8, 4) is 5.75 Å². The summed E-state index contributed by atoms with van der Waals surface area (Å²) in [6.07, 6.45) is -0.561. The van der Waals surface area contributed by atoms with Crippen molar-refractivity contribution >= 4 is 5.91 Å². The van der Waals surface area contributed by atoms with Crippen molar-refractivity contribution in [1.82, 2.24) is 5.32 Å². The quantitative estimate of drug-likeness (QED) is 0.824. The molecule has 0 aliphatic carbocycles. The molecular weight excluding hydrogens is 242 g/mol. The Morgan fingerprint density at radius 2 is 1.89 bits per heavy atom. The van der Waals surface area contributed by atoms with E-state index in [1.54, 1.807) is 7.11 Å². The van der Waals surface area contributed by atoms with Gasteiger partial charge < -0.3 is 14.8 Å². The van der Waals surface area contributed by atoms with Crippen LogP contribution in [-0.4, -0.2) is 26.2 Å². The minimum Gasteiger partial charge on any atom is -0.497 e. The van der Waals surface area contributed by atoms with Gasteiger partial charge in [-0.2, -0.15) is 0 Å².